The number of rotatable bonds is 3. The number of anilines is 1. The number of piperidine rings is 1. The van der Waals surface area contributed by atoms with E-state index >= 15 is 0 Å². The number of aryl methyl sites for hydroxylation is 1. The van der Waals surface area contributed by atoms with Crippen LogP contribution in [0.2, 0.25) is 0 Å². The molecule has 3 nitrogen and oxygen atoms in total. The van der Waals surface area contributed by atoms with Crippen molar-refractivity contribution < 1.29 is 0 Å². The molecule has 0 aromatic carbocycles. The summed E-state index contributed by atoms with van der Waals surface area (Å²) in [7, 11) is 0. The first kappa shape index (κ1) is 13.3. The molecule has 0 amide bonds. The second-order valence-corrected chi connectivity index (χ2v) is 6.07. The van der Waals surface area contributed by atoms with Crippen molar-refractivity contribution in [1.82, 2.24) is 4.98 Å². The summed E-state index contributed by atoms with van der Waals surface area (Å²) in [4.78, 5) is 7.18. The van der Waals surface area contributed by atoms with E-state index in [1.54, 1.807) is 0 Å². The fourth-order valence-corrected chi connectivity index (χ4v) is 2.71. The van der Waals surface area contributed by atoms with Crippen molar-refractivity contribution in [3.63, 3.8) is 0 Å². The highest BCUT2D eigenvalue weighted by molar-refractivity contribution is 5.43. The van der Waals surface area contributed by atoms with Crippen LogP contribution in [0.3, 0.4) is 0 Å². The van der Waals surface area contributed by atoms with E-state index in [9.17, 15) is 0 Å². The Hall–Kier alpha value is -1.09. The van der Waals surface area contributed by atoms with Gasteiger partial charge in [-0.1, -0.05) is 20.8 Å². The summed E-state index contributed by atoms with van der Waals surface area (Å²) in [5.74, 6) is 1.11. The Morgan fingerprint density at radius 1 is 1.39 bits per heavy atom. The zero-order chi connectivity index (χ0) is 13.2. The van der Waals surface area contributed by atoms with Crippen molar-refractivity contribution in [2.45, 2.75) is 46.6 Å². The molecular weight excluding hydrogens is 222 g/mol. The fraction of sp³-hybridized carbons (Fsp3) is 0.667. The minimum atomic E-state index is 0.394. The lowest BCUT2D eigenvalue weighted by Crippen LogP contribution is -2.40. The third-order valence-corrected chi connectivity index (χ3v) is 3.75. The van der Waals surface area contributed by atoms with E-state index in [2.05, 4.69) is 37.8 Å². The van der Waals surface area contributed by atoms with E-state index < -0.39 is 0 Å². The molecule has 3 heteroatoms. The van der Waals surface area contributed by atoms with Crippen LogP contribution in [0.25, 0.3) is 0 Å². The Morgan fingerprint density at radius 3 is 2.78 bits per heavy atom. The third-order valence-electron chi connectivity index (χ3n) is 3.75. The van der Waals surface area contributed by atoms with E-state index in [0.29, 0.717) is 12.0 Å². The SMILES string of the molecule is CCc1cc(CN)cc(N2CCCC(C)(C)C2)n1. The molecule has 0 aliphatic carbocycles. The highest BCUT2D eigenvalue weighted by atomic mass is 15.2. The lowest BCUT2D eigenvalue weighted by atomic mass is 9.84. The quantitative estimate of drug-likeness (QED) is 0.893. The molecule has 0 radical (unpaired) electrons. The minimum Gasteiger partial charge on any atom is -0.356 e. The monoisotopic (exact) mass is 247 g/mol. The van der Waals surface area contributed by atoms with Gasteiger partial charge >= 0.3 is 0 Å². The van der Waals surface area contributed by atoms with Crippen LogP contribution in [-0.4, -0.2) is 18.1 Å². The maximum Gasteiger partial charge on any atom is 0.129 e. The van der Waals surface area contributed by atoms with E-state index in [4.69, 9.17) is 10.7 Å². The first-order chi connectivity index (χ1) is 8.54. The van der Waals surface area contributed by atoms with Crippen molar-refractivity contribution in [3.8, 4) is 0 Å². The first-order valence-corrected chi connectivity index (χ1v) is 6.99. The molecule has 0 spiro atoms. The van der Waals surface area contributed by atoms with Crippen LogP contribution in [0, 0.1) is 5.41 Å². The van der Waals surface area contributed by atoms with Gasteiger partial charge in [-0.25, -0.2) is 4.98 Å². The largest absolute Gasteiger partial charge is 0.356 e. The summed E-state index contributed by atoms with van der Waals surface area (Å²) >= 11 is 0. The zero-order valence-electron chi connectivity index (χ0n) is 11.9. The summed E-state index contributed by atoms with van der Waals surface area (Å²) in [6, 6.07) is 4.28. The molecule has 1 aromatic rings. The number of nitrogens with zero attached hydrogens (tertiary/aromatic N) is 2. The molecule has 0 bridgehead atoms. The molecule has 1 aromatic heterocycles. The Balaban J connectivity index is 2.26. The van der Waals surface area contributed by atoms with Gasteiger partial charge in [0.2, 0.25) is 0 Å². The van der Waals surface area contributed by atoms with E-state index in [-0.39, 0.29) is 0 Å². The van der Waals surface area contributed by atoms with Gasteiger partial charge in [0.25, 0.3) is 0 Å². The average molecular weight is 247 g/mol. The van der Waals surface area contributed by atoms with E-state index in [1.165, 1.54) is 18.4 Å². The van der Waals surface area contributed by atoms with Crippen molar-refractivity contribution in [1.29, 1.82) is 0 Å². The van der Waals surface area contributed by atoms with Crippen LogP contribution in [0.5, 0.6) is 0 Å². The first-order valence-electron chi connectivity index (χ1n) is 6.99. The molecule has 1 aliphatic heterocycles. The van der Waals surface area contributed by atoms with Crippen molar-refractivity contribution >= 4 is 5.82 Å². The van der Waals surface area contributed by atoms with Gasteiger partial charge < -0.3 is 10.6 Å². The zero-order valence-corrected chi connectivity index (χ0v) is 11.9. The molecule has 0 unspecified atom stereocenters. The standard InChI is InChI=1S/C15H25N3/c1-4-13-8-12(10-16)9-14(17-13)18-7-5-6-15(2,3)11-18/h8-9H,4-7,10-11,16H2,1-3H3. The minimum absolute atomic E-state index is 0.394. The summed E-state index contributed by atoms with van der Waals surface area (Å²) in [6.45, 7) is 9.64. The van der Waals surface area contributed by atoms with Crippen LogP contribution in [0.4, 0.5) is 5.82 Å². The Bertz CT molecular complexity index is 390. The molecule has 100 valence electrons. The smallest absolute Gasteiger partial charge is 0.129 e. The second-order valence-electron chi connectivity index (χ2n) is 6.07. The molecule has 1 aliphatic rings. The Labute approximate surface area is 110 Å². The van der Waals surface area contributed by atoms with Crippen LogP contribution >= 0.6 is 0 Å². The van der Waals surface area contributed by atoms with Gasteiger partial charge in [0.05, 0.1) is 0 Å². The van der Waals surface area contributed by atoms with Crippen LogP contribution in [-0.2, 0) is 13.0 Å². The normalized spacial score (nSPS) is 19.0. The van der Waals surface area contributed by atoms with Gasteiger partial charge in [0.1, 0.15) is 5.82 Å². The van der Waals surface area contributed by atoms with Crippen molar-refractivity contribution in [2.75, 3.05) is 18.0 Å². The summed E-state index contributed by atoms with van der Waals surface area (Å²) in [5, 5.41) is 0. The Morgan fingerprint density at radius 2 is 2.17 bits per heavy atom. The number of hydrogen-bond acceptors (Lipinski definition) is 3. The topological polar surface area (TPSA) is 42.1 Å². The lowest BCUT2D eigenvalue weighted by molar-refractivity contribution is 0.292. The maximum absolute atomic E-state index is 5.78. The summed E-state index contributed by atoms with van der Waals surface area (Å²) < 4.78 is 0. The molecule has 2 heterocycles. The fourth-order valence-electron chi connectivity index (χ4n) is 2.71. The highest BCUT2D eigenvalue weighted by Crippen LogP contribution is 2.31. The highest BCUT2D eigenvalue weighted by Gasteiger charge is 2.27. The molecule has 0 atom stereocenters. The van der Waals surface area contributed by atoms with Crippen LogP contribution < -0.4 is 10.6 Å². The van der Waals surface area contributed by atoms with Crippen LogP contribution in [0.1, 0.15) is 44.9 Å². The van der Waals surface area contributed by atoms with Crippen LogP contribution in [0.15, 0.2) is 12.1 Å². The predicted molar refractivity (Wildman–Crippen MR) is 76.7 cm³/mol. The van der Waals surface area contributed by atoms with Gasteiger partial charge in [-0.2, -0.15) is 0 Å². The molecular formula is C15H25N3. The van der Waals surface area contributed by atoms with Crippen molar-refractivity contribution in [2.24, 2.45) is 11.1 Å². The second kappa shape index (κ2) is 5.27. The molecule has 1 saturated heterocycles. The van der Waals surface area contributed by atoms with E-state index in [1.807, 2.05) is 0 Å². The summed E-state index contributed by atoms with van der Waals surface area (Å²) in [6.07, 6.45) is 3.53. The molecule has 0 saturated carbocycles. The maximum atomic E-state index is 5.78. The lowest BCUT2D eigenvalue weighted by Gasteiger charge is -2.39. The van der Waals surface area contributed by atoms with Crippen molar-refractivity contribution in [3.05, 3.63) is 23.4 Å². The molecule has 1 fully saturated rings. The van der Waals surface area contributed by atoms with E-state index in [0.717, 1.165) is 31.0 Å². The molecule has 18 heavy (non-hydrogen) atoms. The summed E-state index contributed by atoms with van der Waals surface area (Å²) in [5.41, 5.74) is 8.52. The molecule has 2 rings (SSSR count). The number of nitrogens with two attached hydrogens (primary N) is 1. The average Bonchev–Trinajstić information content (AvgIpc) is 2.37. The van der Waals surface area contributed by atoms with Gasteiger partial charge in [0.15, 0.2) is 0 Å². The predicted octanol–water partition coefficient (Wildman–Crippen LogP) is 2.73. The van der Waals surface area contributed by atoms with Gasteiger partial charge in [0, 0.05) is 25.3 Å². The Kier molecular flexibility index (Phi) is 3.91. The van der Waals surface area contributed by atoms with Gasteiger partial charge in [-0.15, -0.1) is 0 Å². The van der Waals surface area contributed by atoms with Gasteiger partial charge in [-0.05, 0) is 42.4 Å². The number of pyridine rings is 1. The number of hydrogen-bond donors (Lipinski definition) is 1. The van der Waals surface area contributed by atoms with Gasteiger partial charge in [-0.3, -0.25) is 0 Å². The number of aromatic nitrogens is 1. The molecule has 2 N–H and O–H groups in total. The third kappa shape index (κ3) is 3.02.